The van der Waals surface area contributed by atoms with Gasteiger partial charge in [-0.25, -0.2) is 0 Å². The molecule has 2 aromatic rings. The van der Waals surface area contributed by atoms with Crippen LogP contribution in [0.3, 0.4) is 0 Å². The first-order valence-electron chi connectivity index (χ1n) is 8.13. The first-order chi connectivity index (χ1) is 13.1. The Bertz CT molecular complexity index is 921. The molecule has 0 radical (unpaired) electrons. The summed E-state index contributed by atoms with van der Waals surface area (Å²) in [7, 11) is 6.19. The van der Waals surface area contributed by atoms with Crippen molar-refractivity contribution in [1.82, 2.24) is 0 Å². The maximum Gasteiger partial charge on any atom is 0.205 e. The summed E-state index contributed by atoms with van der Waals surface area (Å²) >= 11 is 0. The van der Waals surface area contributed by atoms with Crippen LogP contribution in [0.1, 0.15) is 17.0 Å². The average Bonchev–Trinajstić information content (AvgIpc) is 2.70. The first kappa shape index (κ1) is 18.3. The van der Waals surface area contributed by atoms with Gasteiger partial charge in [0, 0.05) is 11.6 Å². The Morgan fingerprint density at radius 2 is 1.63 bits per heavy atom. The summed E-state index contributed by atoms with van der Waals surface area (Å²) in [6, 6.07) is 11.2. The minimum atomic E-state index is -0.446. The van der Waals surface area contributed by atoms with E-state index in [4.69, 9.17) is 29.4 Å². The van der Waals surface area contributed by atoms with Crippen molar-refractivity contribution in [1.29, 1.82) is 5.26 Å². The van der Waals surface area contributed by atoms with Gasteiger partial charge in [-0.15, -0.1) is 0 Å². The van der Waals surface area contributed by atoms with E-state index in [-0.39, 0.29) is 5.88 Å². The van der Waals surface area contributed by atoms with E-state index in [9.17, 15) is 5.26 Å². The lowest BCUT2D eigenvalue weighted by Gasteiger charge is -2.27. The first-order valence-corrected chi connectivity index (χ1v) is 8.13. The summed E-state index contributed by atoms with van der Waals surface area (Å²) in [5, 5.41) is 9.69. The van der Waals surface area contributed by atoms with Crippen LogP contribution in [-0.2, 0) is 0 Å². The topological polar surface area (TPSA) is 96.0 Å². The number of hydrogen-bond acceptors (Lipinski definition) is 7. The molecule has 0 unspecified atom stereocenters. The van der Waals surface area contributed by atoms with Crippen molar-refractivity contribution in [2.24, 2.45) is 5.73 Å². The third kappa shape index (κ3) is 3.06. The minimum absolute atomic E-state index is 0.0528. The molecule has 1 aliphatic rings. The van der Waals surface area contributed by atoms with E-state index in [0.717, 1.165) is 11.1 Å². The van der Waals surface area contributed by atoms with Crippen LogP contribution in [0, 0.1) is 11.3 Å². The highest BCUT2D eigenvalue weighted by molar-refractivity contribution is 5.62. The molecule has 2 aromatic carbocycles. The van der Waals surface area contributed by atoms with Crippen molar-refractivity contribution < 1.29 is 23.7 Å². The fourth-order valence-corrected chi connectivity index (χ4v) is 3.17. The summed E-state index contributed by atoms with van der Waals surface area (Å²) in [4.78, 5) is 0. The van der Waals surface area contributed by atoms with Crippen molar-refractivity contribution in [2.45, 2.75) is 5.92 Å². The van der Waals surface area contributed by atoms with Gasteiger partial charge in [0.05, 0.1) is 34.4 Å². The third-order valence-electron chi connectivity index (χ3n) is 4.45. The molecular formula is C20H20N2O5. The average molecular weight is 368 g/mol. The highest BCUT2D eigenvalue weighted by Crippen LogP contribution is 2.47. The SMILES string of the molecule is COc1ccc2c(c1)OC(N)=C(C#N)[C@H]2c1cc(OC)c(OC)c(OC)c1. The van der Waals surface area contributed by atoms with Crippen molar-refractivity contribution in [3.05, 3.63) is 52.9 Å². The smallest absolute Gasteiger partial charge is 0.205 e. The van der Waals surface area contributed by atoms with E-state index < -0.39 is 5.92 Å². The van der Waals surface area contributed by atoms with Gasteiger partial charge in [0.2, 0.25) is 11.6 Å². The number of methoxy groups -OCH3 is 4. The zero-order chi connectivity index (χ0) is 19.6. The van der Waals surface area contributed by atoms with E-state index in [1.807, 2.05) is 12.1 Å². The van der Waals surface area contributed by atoms with Crippen molar-refractivity contribution in [3.63, 3.8) is 0 Å². The normalized spacial score (nSPS) is 15.3. The molecule has 2 N–H and O–H groups in total. The summed E-state index contributed by atoms with van der Waals surface area (Å²) in [6.45, 7) is 0. The highest BCUT2D eigenvalue weighted by atomic mass is 16.5. The fourth-order valence-electron chi connectivity index (χ4n) is 3.17. The molecule has 0 aliphatic carbocycles. The van der Waals surface area contributed by atoms with E-state index in [1.54, 1.807) is 39.5 Å². The predicted octanol–water partition coefficient (Wildman–Crippen LogP) is 2.94. The lowest BCUT2D eigenvalue weighted by atomic mass is 9.83. The highest BCUT2D eigenvalue weighted by Gasteiger charge is 2.32. The van der Waals surface area contributed by atoms with Crippen LogP contribution in [0.15, 0.2) is 41.8 Å². The predicted molar refractivity (Wildman–Crippen MR) is 98.4 cm³/mol. The minimum Gasteiger partial charge on any atom is -0.497 e. The maximum atomic E-state index is 9.69. The zero-order valence-corrected chi connectivity index (χ0v) is 15.5. The van der Waals surface area contributed by atoms with Gasteiger partial charge in [-0.05, 0) is 23.8 Å². The van der Waals surface area contributed by atoms with E-state index in [2.05, 4.69) is 6.07 Å². The van der Waals surface area contributed by atoms with Gasteiger partial charge >= 0.3 is 0 Å². The second-order valence-electron chi connectivity index (χ2n) is 5.79. The number of nitrogens with two attached hydrogens (primary N) is 1. The largest absolute Gasteiger partial charge is 0.497 e. The van der Waals surface area contributed by atoms with Crippen molar-refractivity contribution >= 4 is 0 Å². The van der Waals surface area contributed by atoms with Gasteiger partial charge in [0.25, 0.3) is 0 Å². The van der Waals surface area contributed by atoms with Gasteiger partial charge in [-0.3, -0.25) is 0 Å². The van der Waals surface area contributed by atoms with Crippen molar-refractivity contribution in [3.8, 4) is 34.8 Å². The summed E-state index contributed by atoms with van der Waals surface area (Å²) in [5.74, 6) is 2.22. The zero-order valence-electron chi connectivity index (χ0n) is 15.5. The molecule has 3 rings (SSSR count). The maximum absolute atomic E-state index is 9.69. The van der Waals surface area contributed by atoms with Crippen LogP contribution in [-0.4, -0.2) is 28.4 Å². The third-order valence-corrected chi connectivity index (χ3v) is 4.45. The fraction of sp³-hybridized carbons (Fsp3) is 0.250. The second-order valence-corrected chi connectivity index (χ2v) is 5.79. The Labute approximate surface area is 157 Å². The molecule has 1 aliphatic heterocycles. The van der Waals surface area contributed by atoms with Gasteiger partial charge in [0.1, 0.15) is 23.1 Å². The Kier molecular flexibility index (Phi) is 4.99. The van der Waals surface area contributed by atoms with Gasteiger partial charge in [0.15, 0.2) is 11.5 Å². The quantitative estimate of drug-likeness (QED) is 0.867. The van der Waals surface area contributed by atoms with Gasteiger partial charge < -0.3 is 29.4 Å². The van der Waals surface area contributed by atoms with E-state index >= 15 is 0 Å². The van der Waals surface area contributed by atoms with Gasteiger partial charge in [-0.1, -0.05) is 6.07 Å². The molecule has 140 valence electrons. The molecule has 0 saturated carbocycles. The molecule has 0 spiro atoms. The Balaban J connectivity index is 2.25. The molecular weight excluding hydrogens is 348 g/mol. The summed E-state index contributed by atoms with van der Waals surface area (Å²) in [6.07, 6.45) is 0. The van der Waals surface area contributed by atoms with Crippen LogP contribution in [0.2, 0.25) is 0 Å². The number of nitriles is 1. The number of allylic oxidation sites excluding steroid dienone is 1. The molecule has 0 saturated heterocycles. The van der Waals surface area contributed by atoms with Crippen molar-refractivity contribution in [2.75, 3.05) is 28.4 Å². The lowest BCUT2D eigenvalue weighted by Crippen LogP contribution is -2.21. The van der Waals surface area contributed by atoms with Gasteiger partial charge in [-0.2, -0.15) is 5.26 Å². The molecule has 0 fully saturated rings. The molecule has 27 heavy (non-hydrogen) atoms. The van der Waals surface area contributed by atoms with Crippen LogP contribution in [0.4, 0.5) is 0 Å². The van der Waals surface area contributed by atoms with Crippen LogP contribution >= 0.6 is 0 Å². The number of fused-ring (bicyclic) bond motifs is 1. The summed E-state index contributed by atoms with van der Waals surface area (Å²) in [5.41, 5.74) is 7.89. The van der Waals surface area contributed by atoms with E-state index in [1.165, 1.54) is 7.11 Å². The molecule has 0 bridgehead atoms. The molecule has 7 nitrogen and oxygen atoms in total. The lowest BCUT2D eigenvalue weighted by molar-refractivity contribution is 0.323. The van der Waals surface area contributed by atoms with E-state index in [0.29, 0.717) is 34.3 Å². The second kappa shape index (κ2) is 7.38. The number of ether oxygens (including phenoxy) is 5. The molecule has 7 heteroatoms. The molecule has 1 atom stereocenters. The standard InChI is InChI=1S/C20H20N2O5/c1-23-12-5-6-13-15(9-12)27-20(22)14(10-21)18(13)11-7-16(24-2)19(26-4)17(8-11)25-3/h5-9,18H,22H2,1-4H3/t18-/m0/s1. The Morgan fingerprint density at radius 3 is 2.15 bits per heavy atom. The molecule has 1 heterocycles. The molecule has 0 aromatic heterocycles. The number of benzene rings is 2. The monoisotopic (exact) mass is 368 g/mol. The Hall–Kier alpha value is -3.53. The summed E-state index contributed by atoms with van der Waals surface area (Å²) < 4.78 is 27.2. The van der Waals surface area contributed by atoms with Crippen LogP contribution in [0.5, 0.6) is 28.7 Å². The van der Waals surface area contributed by atoms with Crippen LogP contribution in [0.25, 0.3) is 0 Å². The number of hydrogen-bond donors (Lipinski definition) is 1. The Morgan fingerprint density at radius 1 is 0.963 bits per heavy atom. The number of rotatable bonds is 5. The molecule has 0 amide bonds. The number of nitrogens with zero attached hydrogens (tertiary/aromatic N) is 1. The van der Waals surface area contributed by atoms with Crippen LogP contribution < -0.4 is 29.4 Å².